The van der Waals surface area contributed by atoms with Crippen LogP contribution in [-0.4, -0.2) is 42.1 Å². The van der Waals surface area contributed by atoms with E-state index in [1.807, 2.05) is 68.4 Å². The smallest absolute Gasteiger partial charge is 0.190 e. The molecule has 166 valence electrons. The van der Waals surface area contributed by atoms with Crippen LogP contribution < -0.4 is 0 Å². The molecule has 32 heavy (non-hydrogen) atoms. The number of aliphatic hydroxyl groups excluding tert-OH is 1. The quantitative estimate of drug-likeness (QED) is 0.591. The van der Waals surface area contributed by atoms with E-state index in [-0.39, 0.29) is 6.61 Å². The van der Waals surface area contributed by atoms with Crippen molar-refractivity contribution in [3.05, 3.63) is 108 Å². The van der Waals surface area contributed by atoms with Gasteiger partial charge in [0.2, 0.25) is 0 Å². The van der Waals surface area contributed by atoms with Crippen LogP contribution >= 0.6 is 0 Å². The zero-order chi connectivity index (χ0) is 22.2. The second-order valence-corrected chi connectivity index (χ2v) is 8.72. The number of hydrogen-bond acceptors (Lipinski definition) is 5. The fraction of sp³-hybridized carbons (Fsp3) is 0.333. The van der Waals surface area contributed by atoms with Gasteiger partial charge in [0.1, 0.15) is 23.9 Å². The molecule has 0 bridgehead atoms. The second-order valence-electron chi connectivity index (χ2n) is 8.72. The summed E-state index contributed by atoms with van der Waals surface area (Å²) < 4.78 is 24.4. The molecule has 3 aromatic rings. The predicted molar refractivity (Wildman–Crippen MR) is 120 cm³/mol. The van der Waals surface area contributed by atoms with Gasteiger partial charge in [0.25, 0.3) is 0 Å². The van der Waals surface area contributed by atoms with Crippen molar-refractivity contribution in [3.63, 3.8) is 0 Å². The molecule has 0 saturated carbocycles. The first-order chi connectivity index (χ1) is 15.5. The molecule has 0 aliphatic carbocycles. The van der Waals surface area contributed by atoms with Gasteiger partial charge in [-0.05, 0) is 30.5 Å². The van der Waals surface area contributed by atoms with Crippen LogP contribution in [0.3, 0.4) is 0 Å². The molecule has 0 amide bonds. The van der Waals surface area contributed by atoms with Crippen LogP contribution in [0.15, 0.2) is 91.0 Å². The molecule has 0 radical (unpaired) electrons. The molecule has 5 nitrogen and oxygen atoms in total. The van der Waals surface area contributed by atoms with E-state index >= 15 is 0 Å². The van der Waals surface area contributed by atoms with Gasteiger partial charge < -0.3 is 24.1 Å². The topological polar surface area (TPSA) is 57.2 Å². The highest BCUT2D eigenvalue weighted by Gasteiger charge is 2.54. The molecule has 2 saturated heterocycles. The van der Waals surface area contributed by atoms with Crippen LogP contribution in [0.2, 0.25) is 0 Å². The highest BCUT2D eigenvalue weighted by molar-refractivity contribution is 5.47. The highest BCUT2D eigenvalue weighted by Crippen LogP contribution is 2.42. The van der Waals surface area contributed by atoms with Crippen LogP contribution in [0.25, 0.3) is 0 Å². The van der Waals surface area contributed by atoms with Crippen LogP contribution in [0.4, 0.5) is 0 Å². The zero-order valence-electron chi connectivity index (χ0n) is 18.3. The maximum Gasteiger partial charge on any atom is 0.190 e. The van der Waals surface area contributed by atoms with Crippen molar-refractivity contribution in [2.45, 2.75) is 49.8 Å². The van der Waals surface area contributed by atoms with E-state index in [1.165, 1.54) is 0 Å². The monoisotopic (exact) mass is 432 g/mol. The summed E-state index contributed by atoms with van der Waals surface area (Å²) in [6.45, 7) is 3.80. The molecule has 0 unspecified atom stereocenters. The van der Waals surface area contributed by atoms with E-state index in [0.29, 0.717) is 0 Å². The number of benzene rings is 3. The normalized spacial score (nSPS) is 26.7. The molecule has 2 fully saturated rings. The molecule has 5 rings (SSSR count). The maximum absolute atomic E-state index is 10.9. The Bertz CT molecular complexity index is 925. The van der Waals surface area contributed by atoms with Crippen molar-refractivity contribution in [2.75, 3.05) is 6.61 Å². The molecular weight excluding hydrogens is 404 g/mol. The zero-order valence-corrected chi connectivity index (χ0v) is 18.3. The van der Waals surface area contributed by atoms with Crippen LogP contribution in [0.1, 0.15) is 30.5 Å². The molecule has 2 heterocycles. The fourth-order valence-corrected chi connectivity index (χ4v) is 4.67. The first-order valence-electron chi connectivity index (χ1n) is 11.0. The summed E-state index contributed by atoms with van der Waals surface area (Å²) in [5, 5.41) is 10.9. The number of ether oxygens (including phenoxy) is 4. The fourth-order valence-electron chi connectivity index (χ4n) is 4.67. The van der Waals surface area contributed by atoms with Crippen LogP contribution in [-0.2, 0) is 24.5 Å². The first-order valence-corrected chi connectivity index (χ1v) is 11.0. The van der Waals surface area contributed by atoms with Crippen molar-refractivity contribution in [2.24, 2.45) is 0 Å². The first kappa shape index (κ1) is 21.3. The van der Waals surface area contributed by atoms with E-state index in [2.05, 4.69) is 36.4 Å². The Morgan fingerprint density at radius 2 is 1.25 bits per heavy atom. The summed E-state index contributed by atoms with van der Waals surface area (Å²) in [5.74, 6) is -0.774. The average molecular weight is 433 g/mol. The van der Waals surface area contributed by atoms with Gasteiger partial charge in [0.15, 0.2) is 12.1 Å². The van der Waals surface area contributed by atoms with E-state index < -0.39 is 36.0 Å². The van der Waals surface area contributed by atoms with Gasteiger partial charge in [0, 0.05) is 0 Å². The number of fused-ring (bicyclic) bond motifs is 1. The molecule has 0 spiro atoms. The largest absolute Gasteiger partial charge is 0.387 e. The summed E-state index contributed by atoms with van der Waals surface area (Å²) in [7, 11) is 0. The molecule has 1 N–H and O–H groups in total. The van der Waals surface area contributed by atoms with Crippen molar-refractivity contribution in [1.82, 2.24) is 0 Å². The van der Waals surface area contributed by atoms with Gasteiger partial charge in [-0.15, -0.1) is 0 Å². The molecule has 4 atom stereocenters. The second kappa shape index (κ2) is 8.43. The summed E-state index contributed by atoms with van der Waals surface area (Å²) in [4.78, 5) is 0. The van der Waals surface area contributed by atoms with Crippen molar-refractivity contribution >= 4 is 0 Å². The van der Waals surface area contributed by atoms with Gasteiger partial charge in [-0.25, -0.2) is 0 Å². The van der Waals surface area contributed by atoms with Gasteiger partial charge in [-0.1, -0.05) is 91.0 Å². The highest BCUT2D eigenvalue weighted by atomic mass is 16.8. The Kier molecular flexibility index (Phi) is 5.61. The minimum Gasteiger partial charge on any atom is -0.387 e. The lowest BCUT2D eigenvalue weighted by molar-refractivity contribution is -0.223. The standard InChI is InChI=1S/C27H28O5/c1-26(2)31-24-23(28)22(30-25(24)32-26)18-29-27(19-12-6-3-7-13-19,20-14-8-4-9-15-20)21-16-10-5-11-17-21/h3-17,22-25,28H,18H2,1-2H3/t22-,23-,24-,25-/m0/s1. The number of rotatable bonds is 6. The van der Waals surface area contributed by atoms with Gasteiger partial charge in [0.05, 0.1) is 6.61 Å². The molecule has 5 heteroatoms. The Labute approximate surface area is 188 Å². The number of aliphatic hydroxyl groups is 1. The number of hydrogen-bond donors (Lipinski definition) is 1. The SMILES string of the molecule is CC1(C)O[C@@H]2O[C@@H](COC(c3ccccc3)(c3ccccc3)c3ccccc3)[C@H](O)[C@@H]2O1. The van der Waals surface area contributed by atoms with Crippen LogP contribution in [0.5, 0.6) is 0 Å². The van der Waals surface area contributed by atoms with Gasteiger partial charge in [-0.3, -0.25) is 0 Å². The Balaban J connectivity index is 1.51. The lowest BCUT2D eigenvalue weighted by Gasteiger charge is -2.37. The lowest BCUT2D eigenvalue weighted by Crippen LogP contribution is -2.40. The summed E-state index contributed by atoms with van der Waals surface area (Å²) in [6, 6.07) is 30.4. The maximum atomic E-state index is 10.9. The third kappa shape index (κ3) is 3.76. The van der Waals surface area contributed by atoms with Crippen molar-refractivity contribution in [1.29, 1.82) is 0 Å². The summed E-state index contributed by atoms with van der Waals surface area (Å²) in [5.41, 5.74) is 2.13. The van der Waals surface area contributed by atoms with Crippen molar-refractivity contribution in [3.8, 4) is 0 Å². The predicted octanol–water partition coefficient (Wildman–Crippen LogP) is 4.23. The molecule has 2 aliphatic heterocycles. The Morgan fingerprint density at radius 1 is 0.781 bits per heavy atom. The van der Waals surface area contributed by atoms with Crippen LogP contribution in [0, 0.1) is 0 Å². The molecule has 0 aromatic heterocycles. The summed E-state index contributed by atoms with van der Waals surface area (Å²) in [6.07, 6.45) is -2.55. The Morgan fingerprint density at radius 3 is 1.69 bits per heavy atom. The van der Waals surface area contributed by atoms with E-state index in [0.717, 1.165) is 16.7 Å². The van der Waals surface area contributed by atoms with Gasteiger partial charge in [-0.2, -0.15) is 0 Å². The summed E-state index contributed by atoms with van der Waals surface area (Å²) >= 11 is 0. The van der Waals surface area contributed by atoms with E-state index in [1.54, 1.807) is 0 Å². The molecule has 3 aromatic carbocycles. The minimum atomic E-state index is -0.869. The molecular formula is C27H28O5. The third-order valence-corrected chi connectivity index (χ3v) is 6.12. The van der Waals surface area contributed by atoms with E-state index in [9.17, 15) is 5.11 Å². The van der Waals surface area contributed by atoms with Crippen molar-refractivity contribution < 1.29 is 24.1 Å². The third-order valence-electron chi connectivity index (χ3n) is 6.12. The lowest BCUT2D eigenvalue weighted by atomic mass is 9.80. The Hall–Kier alpha value is -2.54. The van der Waals surface area contributed by atoms with E-state index in [4.69, 9.17) is 18.9 Å². The average Bonchev–Trinajstić information content (AvgIpc) is 3.28. The van der Waals surface area contributed by atoms with Gasteiger partial charge >= 0.3 is 0 Å². The minimum absolute atomic E-state index is 0.167. The molecule has 2 aliphatic rings.